The number of nitrogens with two attached hydrogens (primary N) is 1. The number of aryl methyl sites for hydroxylation is 2. The summed E-state index contributed by atoms with van der Waals surface area (Å²) in [6.07, 6.45) is 0. The van der Waals surface area contributed by atoms with Crippen LogP contribution in [0.4, 0.5) is 16.3 Å². The van der Waals surface area contributed by atoms with Crippen molar-refractivity contribution >= 4 is 11.9 Å². The lowest BCUT2D eigenvalue weighted by Gasteiger charge is -2.19. The maximum Gasteiger partial charge on any atom is 0.228 e. The predicted molar refractivity (Wildman–Crippen MR) is 86.3 cm³/mol. The first-order chi connectivity index (χ1) is 10.2. The summed E-state index contributed by atoms with van der Waals surface area (Å²) in [7, 11) is 0. The van der Waals surface area contributed by atoms with Gasteiger partial charge in [0.25, 0.3) is 0 Å². The highest BCUT2D eigenvalue weighted by Crippen LogP contribution is 2.25. The Morgan fingerprint density at radius 1 is 1.18 bits per heavy atom. The Labute approximate surface area is 130 Å². The molecule has 2 aromatic rings. The minimum absolute atomic E-state index is 0.00560. The molecule has 0 aliphatic carbocycles. The first kappa shape index (κ1) is 16.1. The van der Waals surface area contributed by atoms with Crippen LogP contribution in [0.15, 0.2) is 18.2 Å². The molecule has 0 saturated heterocycles. The number of alkyl halides is 1. The van der Waals surface area contributed by atoms with E-state index in [0.717, 1.165) is 5.56 Å². The Bertz CT molecular complexity index is 679. The van der Waals surface area contributed by atoms with Crippen LogP contribution in [0.3, 0.4) is 0 Å². The lowest BCUT2D eigenvalue weighted by molar-refractivity contribution is 0.206. The third kappa shape index (κ3) is 3.69. The molecule has 0 spiro atoms. The van der Waals surface area contributed by atoms with Crippen LogP contribution in [0.1, 0.15) is 49.3 Å². The second-order valence-electron chi connectivity index (χ2n) is 6.04. The zero-order valence-corrected chi connectivity index (χ0v) is 13.6. The van der Waals surface area contributed by atoms with E-state index < -0.39 is 5.67 Å². The highest BCUT2D eigenvalue weighted by Gasteiger charge is 2.24. The summed E-state index contributed by atoms with van der Waals surface area (Å²) in [5, 5.41) is 3.16. The number of nitrogen functional groups attached to an aromatic ring is 1. The van der Waals surface area contributed by atoms with Crippen LogP contribution in [0.5, 0.6) is 0 Å². The van der Waals surface area contributed by atoms with Gasteiger partial charge in [0.1, 0.15) is 0 Å². The van der Waals surface area contributed by atoms with Crippen molar-refractivity contribution in [1.82, 2.24) is 15.0 Å². The smallest absolute Gasteiger partial charge is 0.228 e. The quantitative estimate of drug-likeness (QED) is 0.904. The predicted octanol–water partition coefficient (Wildman–Crippen LogP) is 3.45. The summed E-state index contributed by atoms with van der Waals surface area (Å²) >= 11 is 0. The largest absolute Gasteiger partial charge is 0.368 e. The van der Waals surface area contributed by atoms with Crippen LogP contribution in [-0.2, 0) is 5.67 Å². The molecule has 0 radical (unpaired) electrons. The van der Waals surface area contributed by atoms with Gasteiger partial charge < -0.3 is 11.1 Å². The van der Waals surface area contributed by atoms with E-state index in [0.29, 0.717) is 0 Å². The van der Waals surface area contributed by atoms with Gasteiger partial charge >= 0.3 is 0 Å². The van der Waals surface area contributed by atoms with E-state index in [2.05, 4.69) is 52.3 Å². The van der Waals surface area contributed by atoms with E-state index in [-0.39, 0.29) is 23.8 Å². The molecule has 2 rings (SSSR count). The fraction of sp³-hybridized carbons (Fsp3) is 0.438. The molecule has 1 aromatic heterocycles. The van der Waals surface area contributed by atoms with Gasteiger partial charge in [-0.3, -0.25) is 0 Å². The first-order valence-electron chi connectivity index (χ1n) is 7.21. The van der Waals surface area contributed by atoms with Gasteiger partial charge in [0.15, 0.2) is 11.5 Å². The van der Waals surface area contributed by atoms with Crippen LogP contribution in [0.2, 0.25) is 0 Å². The molecule has 3 N–H and O–H groups in total. The van der Waals surface area contributed by atoms with Gasteiger partial charge in [-0.25, -0.2) is 4.39 Å². The Balaban J connectivity index is 2.28. The molecule has 0 bridgehead atoms. The maximum absolute atomic E-state index is 14.0. The van der Waals surface area contributed by atoms with Crippen LogP contribution in [-0.4, -0.2) is 15.0 Å². The number of rotatable bonds is 4. The van der Waals surface area contributed by atoms with Crippen LogP contribution < -0.4 is 11.1 Å². The number of nitrogens with zero attached hydrogens (tertiary/aromatic N) is 3. The van der Waals surface area contributed by atoms with Crippen LogP contribution in [0.25, 0.3) is 0 Å². The van der Waals surface area contributed by atoms with E-state index in [1.54, 1.807) is 0 Å². The number of hydrogen-bond donors (Lipinski definition) is 2. The molecule has 22 heavy (non-hydrogen) atoms. The minimum Gasteiger partial charge on any atom is -0.368 e. The topological polar surface area (TPSA) is 76.7 Å². The van der Waals surface area contributed by atoms with Crippen molar-refractivity contribution in [2.75, 3.05) is 11.1 Å². The molecular formula is C16H22FN5. The zero-order chi connectivity index (χ0) is 16.5. The van der Waals surface area contributed by atoms with E-state index in [1.807, 2.05) is 6.92 Å². The number of aromatic nitrogens is 3. The summed E-state index contributed by atoms with van der Waals surface area (Å²) < 4.78 is 14.0. The molecule has 0 aliphatic heterocycles. The molecule has 1 unspecified atom stereocenters. The number of benzene rings is 1. The first-order valence-corrected chi connectivity index (χ1v) is 7.21. The summed E-state index contributed by atoms with van der Waals surface area (Å²) in [5.74, 6) is 0.307. The Morgan fingerprint density at radius 2 is 1.86 bits per heavy atom. The molecule has 0 aliphatic rings. The summed E-state index contributed by atoms with van der Waals surface area (Å²) in [6, 6.07) is 6.20. The molecule has 0 fully saturated rings. The standard InChI is InChI=1S/C16H22FN5/c1-9-6-7-12(10(2)8-9)11(3)19-15-21-13(16(4,5)17)20-14(18)22-15/h6-8,11H,1-5H3,(H3,18,19,20,21,22). The van der Waals surface area contributed by atoms with Gasteiger partial charge in [0.2, 0.25) is 11.9 Å². The fourth-order valence-electron chi connectivity index (χ4n) is 2.31. The average Bonchev–Trinajstić information content (AvgIpc) is 2.36. The molecule has 6 heteroatoms. The Hall–Kier alpha value is -2.24. The van der Waals surface area contributed by atoms with E-state index in [4.69, 9.17) is 5.73 Å². The van der Waals surface area contributed by atoms with Crippen molar-refractivity contribution in [3.63, 3.8) is 0 Å². The van der Waals surface area contributed by atoms with Crippen molar-refractivity contribution in [1.29, 1.82) is 0 Å². The second-order valence-corrected chi connectivity index (χ2v) is 6.04. The summed E-state index contributed by atoms with van der Waals surface area (Å²) in [5.41, 5.74) is 7.49. The van der Waals surface area contributed by atoms with Crippen molar-refractivity contribution in [3.05, 3.63) is 40.7 Å². The van der Waals surface area contributed by atoms with Crippen LogP contribution in [0, 0.1) is 13.8 Å². The highest BCUT2D eigenvalue weighted by molar-refractivity contribution is 5.39. The zero-order valence-electron chi connectivity index (χ0n) is 13.6. The van der Waals surface area contributed by atoms with E-state index >= 15 is 0 Å². The molecule has 0 saturated carbocycles. The van der Waals surface area contributed by atoms with Crippen molar-refractivity contribution in [2.45, 2.75) is 46.3 Å². The SMILES string of the molecule is Cc1ccc(C(C)Nc2nc(N)nc(C(C)(C)F)n2)c(C)c1. The third-order valence-electron chi connectivity index (χ3n) is 3.42. The normalized spacial score (nSPS) is 13.0. The molecule has 1 atom stereocenters. The molecule has 0 amide bonds. The molecule has 5 nitrogen and oxygen atoms in total. The third-order valence-corrected chi connectivity index (χ3v) is 3.42. The molecule has 118 valence electrons. The lowest BCUT2D eigenvalue weighted by Crippen LogP contribution is -2.19. The summed E-state index contributed by atoms with van der Waals surface area (Å²) in [6.45, 7) is 8.88. The Morgan fingerprint density at radius 3 is 2.45 bits per heavy atom. The maximum atomic E-state index is 14.0. The fourth-order valence-corrected chi connectivity index (χ4v) is 2.31. The van der Waals surface area contributed by atoms with Gasteiger partial charge in [-0.2, -0.15) is 15.0 Å². The van der Waals surface area contributed by atoms with Gasteiger partial charge in [-0.15, -0.1) is 0 Å². The van der Waals surface area contributed by atoms with Gasteiger partial charge in [-0.1, -0.05) is 23.8 Å². The van der Waals surface area contributed by atoms with Gasteiger partial charge in [-0.05, 0) is 45.7 Å². The van der Waals surface area contributed by atoms with Crippen molar-refractivity contribution < 1.29 is 4.39 Å². The molecule has 1 heterocycles. The lowest BCUT2D eigenvalue weighted by atomic mass is 10.0. The molecule has 1 aromatic carbocycles. The minimum atomic E-state index is -1.67. The highest BCUT2D eigenvalue weighted by atomic mass is 19.1. The van der Waals surface area contributed by atoms with Crippen molar-refractivity contribution in [2.24, 2.45) is 0 Å². The number of halogens is 1. The monoisotopic (exact) mass is 303 g/mol. The summed E-state index contributed by atoms with van der Waals surface area (Å²) in [4.78, 5) is 12.0. The van der Waals surface area contributed by atoms with Gasteiger partial charge in [0.05, 0.1) is 6.04 Å². The second kappa shape index (κ2) is 5.87. The van der Waals surface area contributed by atoms with E-state index in [9.17, 15) is 4.39 Å². The number of anilines is 2. The Kier molecular flexibility index (Phi) is 4.30. The van der Waals surface area contributed by atoms with Crippen LogP contribution >= 0.6 is 0 Å². The number of nitrogens with one attached hydrogen (secondary N) is 1. The van der Waals surface area contributed by atoms with Gasteiger partial charge in [0, 0.05) is 0 Å². The molecular weight excluding hydrogens is 281 g/mol. The van der Waals surface area contributed by atoms with E-state index in [1.165, 1.54) is 25.0 Å². The average molecular weight is 303 g/mol. The van der Waals surface area contributed by atoms with Crippen molar-refractivity contribution in [3.8, 4) is 0 Å². The number of hydrogen-bond acceptors (Lipinski definition) is 5.